The Bertz CT molecular complexity index is 339. The van der Waals surface area contributed by atoms with Crippen molar-refractivity contribution in [1.82, 2.24) is 0 Å². The van der Waals surface area contributed by atoms with Crippen LogP contribution in [0.5, 0.6) is 0 Å². The highest BCUT2D eigenvalue weighted by Crippen LogP contribution is 2.21. The van der Waals surface area contributed by atoms with E-state index in [1.807, 2.05) is 19.1 Å². The minimum absolute atomic E-state index is 0.285. The molecule has 0 heterocycles. The zero-order chi connectivity index (χ0) is 12.7. The number of unbranched alkanes of at least 4 members (excludes halogenated alkanes) is 1. The van der Waals surface area contributed by atoms with Crippen LogP contribution in [0.4, 0.5) is 0 Å². The normalized spacial score (nSPS) is 21.6. The van der Waals surface area contributed by atoms with Crippen molar-refractivity contribution in [2.45, 2.75) is 45.6 Å². The number of aliphatic imine (C=N–C) groups is 1. The fourth-order valence-corrected chi connectivity index (χ4v) is 1.82. The molecule has 0 radical (unpaired) electrons. The van der Waals surface area contributed by atoms with Crippen molar-refractivity contribution in [3.63, 3.8) is 0 Å². The van der Waals surface area contributed by atoms with E-state index in [9.17, 15) is 5.11 Å². The second-order valence-corrected chi connectivity index (χ2v) is 4.56. The number of allylic oxidation sites excluding steroid dienone is 4. The lowest BCUT2D eigenvalue weighted by Gasteiger charge is -2.15. The SMILES string of the molecule is C=C(/N=C(\C)C(O)CCCC)C1C=CC=CC1. The van der Waals surface area contributed by atoms with Gasteiger partial charge in [0.25, 0.3) is 0 Å². The van der Waals surface area contributed by atoms with E-state index in [1.54, 1.807) is 0 Å². The molecule has 0 spiro atoms. The number of aliphatic hydroxyl groups is 1. The molecule has 0 saturated carbocycles. The summed E-state index contributed by atoms with van der Waals surface area (Å²) in [6.07, 6.45) is 11.7. The Kier molecular flexibility index (Phi) is 5.92. The van der Waals surface area contributed by atoms with Crippen LogP contribution >= 0.6 is 0 Å². The van der Waals surface area contributed by atoms with Gasteiger partial charge in [-0.25, -0.2) is 0 Å². The fraction of sp³-hybridized carbons (Fsp3) is 0.533. The standard InChI is InChI=1S/C15H23NO/c1-4-5-11-15(17)13(3)16-12(2)14-9-7-6-8-10-14/h6-9,14-15,17H,2,4-5,10-11H2,1,3H3/b16-13+. The molecule has 2 unspecified atom stereocenters. The third-order valence-electron chi connectivity index (χ3n) is 3.04. The van der Waals surface area contributed by atoms with Gasteiger partial charge in [0.1, 0.15) is 0 Å². The van der Waals surface area contributed by atoms with E-state index < -0.39 is 6.10 Å². The lowest BCUT2D eigenvalue weighted by Crippen LogP contribution is -2.18. The highest BCUT2D eigenvalue weighted by atomic mass is 16.3. The third-order valence-corrected chi connectivity index (χ3v) is 3.04. The van der Waals surface area contributed by atoms with Gasteiger partial charge in [-0.1, -0.05) is 50.6 Å². The van der Waals surface area contributed by atoms with Crippen LogP contribution in [0, 0.1) is 5.92 Å². The maximum atomic E-state index is 9.89. The molecule has 0 bridgehead atoms. The summed E-state index contributed by atoms with van der Waals surface area (Å²) < 4.78 is 0. The van der Waals surface area contributed by atoms with Crippen LogP contribution in [0.3, 0.4) is 0 Å². The van der Waals surface area contributed by atoms with Crippen LogP contribution in [0.1, 0.15) is 39.5 Å². The Hall–Kier alpha value is -1.15. The summed E-state index contributed by atoms with van der Waals surface area (Å²) in [5, 5.41) is 9.89. The van der Waals surface area contributed by atoms with Crippen LogP contribution in [-0.4, -0.2) is 16.9 Å². The Balaban J connectivity index is 2.52. The average Bonchev–Trinajstić information content (AvgIpc) is 2.36. The van der Waals surface area contributed by atoms with E-state index in [4.69, 9.17) is 0 Å². The topological polar surface area (TPSA) is 32.6 Å². The Morgan fingerprint density at radius 1 is 1.53 bits per heavy atom. The Labute approximate surface area is 104 Å². The second-order valence-electron chi connectivity index (χ2n) is 4.56. The maximum absolute atomic E-state index is 9.89. The predicted octanol–water partition coefficient (Wildman–Crippen LogP) is 3.64. The molecule has 1 N–H and O–H groups in total. The molecule has 2 atom stereocenters. The molecule has 1 aliphatic carbocycles. The number of rotatable bonds is 6. The van der Waals surface area contributed by atoms with E-state index in [0.717, 1.165) is 37.1 Å². The smallest absolute Gasteiger partial charge is 0.0918 e. The minimum Gasteiger partial charge on any atom is -0.387 e. The minimum atomic E-state index is -0.421. The molecule has 0 aromatic heterocycles. The van der Waals surface area contributed by atoms with Gasteiger partial charge in [0.05, 0.1) is 6.10 Å². The summed E-state index contributed by atoms with van der Waals surface area (Å²) in [5.41, 5.74) is 1.63. The predicted molar refractivity (Wildman–Crippen MR) is 74.2 cm³/mol. The van der Waals surface area contributed by atoms with Crippen LogP contribution in [0.25, 0.3) is 0 Å². The summed E-state index contributed by atoms with van der Waals surface area (Å²) in [5.74, 6) is 0.285. The number of aliphatic hydroxyl groups excluding tert-OH is 1. The van der Waals surface area contributed by atoms with Crippen LogP contribution in [0.2, 0.25) is 0 Å². The maximum Gasteiger partial charge on any atom is 0.0918 e. The molecule has 94 valence electrons. The van der Waals surface area contributed by atoms with E-state index in [0.29, 0.717) is 0 Å². The van der Waals surface area contributed by atoms with Gasteiger partial charge in [-0.2, -0.15) is 0 Å². The molecule has 2 nitrogen and oxygen atoms in total. The summed E-state index contributed by atoms with van der Waals surface area (Å²) in [7, 11) is 0. The number of nitrogens with zero attached hydrogens (tertiary/aromatic N) is 1. The Morgan fingerprint density at radius 2 is 2.29 bits per heavy atom. The van der Waals surface area contributed by atoms with E-state index in [1.165, 1.54) is 0 Å². The molecule has 0 aromatic rings. The van der Waals surface area contributed by atoms with Crippen LogP contribution in [-0.2, 0) is 0 Å². The molecular formula is C15H23NO. The molecule has 1 aliphatic rings. The van der Waals surface area contributed by atoms with Gasteiger partial charge >= 0.3 is 0 Å². The molecule has 0 amide bonds. The summed E-state index contributed by atoms with van der Waals surface area (Å²) >= 11 is 0. The van der Waals surface area contributed by atoms with Gasteiger partial charge in [0.15, 0.2) is 0 Å². The van der Waals surface area contributed by atoms with Gasteiger partial charge in [-0.05, 0) is 19.8 Å². The Morgan fingerprint density at radius 3 is 2.88 bits per heavy atom. The quantitative estimate of drug-likeness (QED) is 0.698. The van der Waals surface area contributed by atoms with Crippen molar-refractivity contribution in [3.8, 4) is 0 Å². The van der Waals surface area contributed by atoms with Gasteiger partial charge in [0, 0.05) is 17.3 Å². The largest absolute Gasteiger partial charge is 0.387 e. The van der Waals surface area contributed by atoms with Gasteiger partial charge in [-0.3, -0.25) is 4.99 Å². The first-order valence-corrected chi connectivity index (χ1v) is 6.40. The molecule has 0 aliphatic heterocycles. The van der Waals surface area contributed by atoms with E-state index in [2.05, 4.69) is 30.6 Å². The summed E-state index contributed by atoms with van der Waals surface area (Å²) in [6, 6.07) is 0. The molecule has 1 rings (SSSR count). The second kappa shape index (κ2) is 7.23. The van der Waals surface area contributed by atoms with Crippen LogP contribution in [0.15, 0.2) is 41.6 Å². The zero-order valence-electron chi connectivity index (χ0n) is 10.9. The van der Waals surface area contributed by atoms with Crippen molar-refractivity contribution in [2.24, 2.45) is 10.9 Å². The van der Waals surface area contributed by atoms with Crippen molar-refractivity contribution < 1.29 is 5.11 Å². The molecule has 0 saturated heterocycles. The van der Waals surface area contributed by atoms with Crippen LogP contribution < -0.4 is 0 Å². The van der Waals surface area contributed by atoms with Gasteiger partial charge in [0.2, 0.25) is 0 Å². The van der Waals surface area contributed by atoms with E-state index in [-0.39, 0.29) is 5.92 Å². The van der Waals surface area contributed by atoms with Crippen molar-refractivity contribution in [1.29, 1.82) is 0 Å². The molecule has 0 fully saturated rings. The lowest BCUT2D eigenvalue weighted by atomic mass is 9.98. The molecule has 17 heavy (non-hydrogen) atoms. The molecule has 0 aromatic carbocycles. The molecular weight excluding hydrogens is 210 g/mol. The third kappa shape index (κ3) is 4.70. The monoisotopic (exact) mass is 233 g/mol. The summed E-state index contributed by atoms with van der Waals surface area (Å²) in [6.45, 7) is 8.00. The summed E-state index contributed by atoms with van der Waals surface area (Å²) in [4.78, 5) is 4.44. The first-order valence-electron chi connectivity index (χ1n) is 6.40. The highest BCUT2D eigenvalue weighted by Gasteiger charge is 2.12. The average molecular weight is 233 g/mol. The number of hydrogen-bond acceptors (Lipinski definition) is 2. The van der Waals surface area contributed by atoms with Crippen molar-refractivity contribution in [3.05, 3.63) is 36.6 Å². The highest BCUT2D eigenvalue weighted by molar-refractivity contribution is 5.87. The van der Waals surface area contributed by atoms with Crippen molar-refractivity contribution >= 4 is 5.71 Å². The van der Waals surface area contributed by atoms with Gasteiger partial charge < -0.3 is 5.11 Å². The van der Waals surface area contributed by atoms with Gasteiger partial charge in [-0.15, -0.1) is 0 Å². The van der Waals surface area contributed by atoms with E-state index >= 15 is 0 Å². The first-order chi connectivity index (χ1) is 8.15. The van der Waals surface area contributed by atoms with Crippen molar-refractivity contribution in [2.75, 3.05) is 0 Å². The number of hydrogen-bond donors (Lipinski definition) is 1. The zero-order valence-corrected chi connectivity index (χ0v) is 10.9. The first kappa shape index (κ1) is 13.9. The lowest BCUT2D eigenvalue weighted by molar-refractivity contribution is 0.226. The molecule has 2 heteroatoms. The fourth-order valence-electron chi connectivity index (χ4n) is 1.82.